The Morgan fingerprint density at radius 1 is 0.543 bits per heavy atom. The van der Waals surface area contributed by atoms with Crippen molar-refractivity contribution in [1.29, 1.82) is 0 Å². The summed E-state index contributed by atoms with van der Waals surface area (Å²) >= 11 is 0. The summed E-state index contributed by atoms with van der Waals surface area (Å²) in [5.41, 5.74) is 2.29. The average molecular weight is 639 g/mol. The molecule has 3 heterocycles. The monoisotopic (exact) mass is 638 g/mol. The molecule has 0 radical (unpaired) electrons. The molecule has 3 aliphatic rings. The van der Waals surface area contributed by atoms with Gasteiger partial charge in [0.1, 0.15) is 48.4 Å². The molecule has 8 nitrogen and oxygen atoms in total. The van der Waals surface area contributed by atoms with Crippen LogP contribution in [-0.2, 0) is 9.47 Å². The highest BCUT2D eigenvalue weighted by Crippen LogP contribution is 2.37. The molecule has 2 aromatic rings. The number of ether oxygens (including phenoxy) is 6. The molecule has 2 aromatic carbocycles. The first-order valence-electron chi connectivity index (χ1n) is 18.3. The zero-order valence-corrected chi connectivity index (χ0v) is 28.5. The van der Waals surface area contributed by atoms with E-state index in [0.717, 1.165) is 99.8 Å². The number of nitrogens with zero attached hydrogens (tertiary/aromatic N) is 2. The minimum absolute atomic E-state index is 0.229. The van der Waals surface area contributed by atoms with Crippen molar-refractivity contribution in [1.82, 2.24) is 0 Å². The van der Waals surface area contributed by atoms with Crippen LogP contribution in [-0.4, -0.2) is 78.0 Å². The first-order valence-corrected chi connectivity index (χ1v) is 18.3. The van der Waals surface area contributed by atoms with Crippen LogP contribution >= 0.6 is 0 Å². The first-order chi connectivity index (χ1) is 22.7. The van der Waals surface area contributed by atoms with E-state index in [9.17, 15) is 0 Å². The molecular weight excluding hydrogens is 580 g/mol. The van der Waals surface area contributed by atoms with Crippen LogP contribution in [0.2, 0.25) is 0 Å². The lowest BCUT2D eigenvalue weighted by Crippen LogP contribution is -2.46. The summed E-state index contributed by atoms with van der Waals surface area (Å²) in [6.07, 6.45) is 15.4. The van der Waals surface area contributed by atoms with E-state index in [0.29, 0.717) is 13.2 Å². The van der Waals surface area contributed by atoms with E-state index in [2.05, 4.69) is 60.0 Å². The third kappa shape index (κ3) is 11.8. The molecule has 0 amide bonds. The minimum atomic E-state index is 0.229. The predicted octanol–water partition coefficient (Wildman–Crippen LogP) is 8.05. The Morgan fingerprint density at radius 2 is 0.935 bits per heavy atom. The number of hydrogen-bond acceptors (Lipinski definition) is 8. The maximum absolute atomic E-state index is 6.42. The van der Waals surface area contributed by atoms with Gasteiger partial charge < -0.3 is 38.2 Å². The fraction of sp³-hybridized carbons (Fsp3) is 0.684. The van der Waals surface area contributed by atoms with E-state index < -0.39 is 0 Å². The Bertz CT molecular complexity index is 1060. The van der Waals surface area contributed by atoms with Gasteiger partial charge in [-0.1, -0.05) is 78.1 Å². The molecule has 3 saturated heterocycles. The Hall–Kier alpha value is -2.84. The molecule has 3 fully saturated rings. The lowest BCUT2D eigenvalue weighted by molar-refractivity contribution is 0.259. The lowest BCUT2D eigenvalue weighted by Gasteiger charge is -2.38. The molecule has 0 N–H and O–H groups in total. The molecule has 2 unspecified atom stereocenters. The Labute approximate surface area is 277 Å². The van der Waals surface area contributed by atoms with Crippen molar-refractivity contribution in [3.05, 3.63) is 36.4 Å². The summed E-state index contributed by atoms with van der Waals surface area (Å²) < 4.78 is 35.6. The molecule has 0 spiro atoms. The molecule has 5 rings (SSSR count). The van der Waals surface area contributed by atoms with Crippen LogP contribution in [0.5, 0.6) is 23.0 Å². The molecule has 256 valence electrons. The molecule has 0 aliphatic carbocycles. The SMILES string of the molecule is CCCCCCCCOc1cc(OCC2CO2)ccc1N1CCN(c2ccc(OCC3CO3)cc2OCCCCCCCC)CC1. The number of hydrogen-bond donors (Lipinski definition) is 0. The summed E-state index contributed by atoms with van der Waals surface area (Å²) in [6.45, 7) is 12.4. The lowest BCUT2D eigenvalue weighted by atomic mass is 10.1. The zero-order chi connectivity index (χ0) is 31.8. The van der Waals surface area contributed by atoms with Gasteiger partial charge in [0.15, 0.2) is 0 Å². The maximum atomic E-state index is 6.42. The molecule has 3 aliphatic heterocycles. The van der Waals surface area contributed by atoms with Gasteiger partial charge in [0.05, 0.1) is 37.8 Å². The summed E-state index contributed by atoms with van der Waals surface area (Å²) in [4.78, 5) is 4.90. The second kappa shape index (κ2) is 19.1. The van der Waals surface area contributed by atoms with E-state index in [4.69, 9.17) is 28.4 Å². The molecular formula is C38H58N2O6. The average Bonchev–Trinajstić information content (AvgIpc) is 4.02. The third-order valence-corrected chi connectivity index (χ3v) is 9.01. The van der Waals surface area contributed by atoms with E-state index in [1.54, 1.807) is 0 Å². The fourth-order valence-corrected chi connectivity index (χ4v) is 5.95. The summed E-state index contributed by atoms with van der Waals surface area (Å²) in [5, 5.41) is 0. The van der Waals surface area contributed by atoms with E-state index in [-0.39, 0.29) is 12.2 Å². The number of piperazine rings is 1. The second-order valence-electron chi connectivity index (χ2n) is 13.0. The van der Waals surface area contributed by atoms with Crippen molar-refractivity contribution >= 4 is 11.4 Å². The van der Waals surface area contributed by atoms with Gasteiger partial charge in [0, 0.05) is 38.3 Å². The van der Waals surface area contributed by atoms with Gasteiger partial charge in [-0.15, -0.1) is 0 Å². The smallest absolute Gasteiger partial charge is 0.146 e. The van der Waals surface area contributed by atoms with Crippen LogP contribution in [0.25, 0.3) is 0 Å². The summed E-state index contributed by atoms with van der Waals surface area (Å²) in [6, 6.07) is 12.6. The van der Waals surface area contributed by atoms with Crippen molar-refractivity contribution in [2.45, 2.75) is 103 Å². The fourth-order valence-electron chi connectivity index (χ4n) is 5.95. The molecule has 0 aromatic heterocycles. The van der Waals surface area contributed by atoms with Gasteiger partial charge in [0.25, 0.3) is 0 Å². The van der Waals surface area contributed by atoms with Crippen molar-refractivity contribution in [2.24, 2.45) is 0 Å². The number of benzene rings is 2. The van der Waals surface area contributed by atoms with Gasteiger partial charge in [-0.25, -0.2) is 0 Å². The van der Waals surface area contributed by atoms with Crippen LogP contribution < -0.4 is 28.7 Å². The van der Waals surface area contributed by atoms with Gasteiger partial charge in [-0.3, -0.25) is 0 Å². The number of anilines is 2. The van der Waals surface area contributed by atoms with E-state index in [1.807, 2.05) is 0 Å². The molecule has 0 bridgehead atoms. The predicted molar refractivity (Wildman–Crippen MR) is 186 cm³/mol. The van der Waals surface area contributed by atoms with Crippen molar-refractivity contribution in [3.63, 3.8) is 0 Å². The summed E-state index contributed by atoms with van der Waals surface area (Å²) in [7, 11) is 0. The normalized spacial score (nSPS) is 18.8. The Kier molecular flexibility index (Phi) is 14.3. The largest absolute Gasteiger partial charge is 0.491 e. The highest BCUT2D eigenvalue weighted by Gasteiger charge is 2.26. The van der Waals surface area contributed by atoms with Gasteiger partial charge in [-0.2, -0.15) is 0 Å². The Balaban J connectivity index is 1.18. The van der Waals surface area contributed by atoms with Crippen LogP contribution in [0.1, 0.15) is 90.9 Å². The van der Waals surface area contributed by atoms with E-state index >= 15 is 0 Å². The van der Waals surface area contributed by atoms with Crippen LogP contribution in [0, 0.1) is 0 Å². The van der Waals surface area contributed by atoms with Crippen LogP contribution in [0.4, 0.5) is 11.4 Å². The van der Waals surface area contributed by atoms with Crippen molar-refractivity contribution in [3.8, 4) is 23.0 Å². The Morgan fingerprint density at radius 3 is 1.33 bits per heavy atom. The number of epoxide rings is 2. The topological polar surface area (TPSA) is 68.5 Å². The maximum Gasteiger partial charge on any atom is 0.146 e. The van der Waals surface area contributed by atoms with Crippen LogP contribution in [0.3, 0.4) is 0 Å². The molecule has 8 heteroatoms. The summed E-state index contributed by atoms with van der Waals surface area (Å²) in [5.74, 6) is 3.53. The third-order valence-electron chi connectivity index (χ3n) is 9.01. The van der Waals surface area contributed by atoms with E-state index in [1.165, 1.54) is 64.2 Å². The quantitative estimate of drug-likeness (QED) is 0.0846. The second-order valence-corrected chi connectivity index (χ2v) is 13.0. The minimum Gasteiger partial charge on any atom is -0.491 e. The van der Waals surface area contributed by atoms with Crippen molar-refractivity contribution in [2.75, 3.05) is 75.6 Å². The van der Waals surface area contributed by atoms with Gasteiger partial charge >= 0.3 is 0 Å². The first kappa shape index (κ1) is 34.5. The highest BCUT2D eigenvalue weighted by molar-refractivity contribution is 5.65. The van der Waals surface area contributed by atoms with Crippen molar-refractivity contribution < 1.29 is 28.4 Å². The molecule has 0 saturated carbocycles. The van der Waals surface area contributed by atoms with Gasteiger partial charge in [0.2, 0.25) is 0 Å². The number of rotatable bonds is 24. The van der Waals surface area contributed by atoms with Gasteiger partial charge in [-0.05, 0) is 37.1 Å². The molecule has 46 heavy (non-hydrogen) atoms. The number of unbranched alkanes of at least 4 members (excludes halogenated alkanes) is 10. The highest BCUT2D eigenvalue weighted by atomic mass is 16.6. The zero-order valence-electron chi connectivity index (χ0n) is 28.5. The molecule has 2 atom stereocenters. The van der Waals surface area contributed by atoms with Crippen LogP contribution in [0.15, 0.2) is 36.4 Å². The standard InChI is InChI=1S/C38H58N2O6/c1-3-5-7-9-11-13-23-41-37-25-31(43-27-33-29-45-33)15-17-35(37)39-19-21-40(22-20-39)36-18-16-32(44-28-34-30-46-34)26-38(36)42-24-14-12-10-8-6-4-2/h15-18,25-26,33-34H,3-14,19-24,27-30H2,1-2H3.